The van der Waals surface area contributed by atoms with Crippen molar-refractivity contribution in [1.82, 2.24) is 10.2 Å². The molecule has 0 aliphatic carbocycles. The zero-order valence-corrected chi connectivity index (χ0v) is 21.7. The molecular formula is C24H30ClF2N3O4S. The number of benzene rings is 2. The van der Waals surface area contributed by atoms with Gasteiger partial charge in [-0.05, 0) is 51.0 Å². The van der Waals surface area contributed by atoms with Crippen molar-refractivity contribution in [2.75, 3.05) is 17.1 Å². The maximum Gasteiger partial charge on any atom is 0.242 e. The molecule has 0 bridgehead atoms. The Balaban J connectivity index is 2.20. The van der Waals surface area contributed by atoms with E-state index in [1.807, 2.05) is 13.8 Å². The maximum absolute atomic E-state index is 13.7. The molecule has 0 aliphatic heterocycles. The van der Waals surface area contributed by atoms with E-state index < -0.39 is 27.7 Å². The minimum atomic E-state index is -3.83. The average Bonchev–Trinajstić information content (AvgIpc) is 2.76. The molecule has 0 unspecified atom stereocenters. The van der Waals surface area contributed by atoms with Crippen LogP contribution >= 0.6 is 11.6 Å². The van der Waals surface area contributed by atoms with E-state index >= 15 is 0 Å². The Kier molecular flexibility index (Phi) is 10.0. The Morgan fingerprint density at radius 3 is 2.29 bits per heavy atom. The fourth-order valence-corrected chi connectivity index (χ4v) is 4.59. The first kappa shape index (κ1) is 28.5. The first-order chi connectivity index (χ1) is 16.3. The van der Waals surface area contributed by atoms with E-state index in [1.165, 1.54) is 4.90 Å². The Labute approximate surface area is 210 Å². The Hall–Kier alpha value is -2.72. The van der Waals surface area contributed by atoms with E-state index in [-0.39, 0.29) is 49.5 Å². The van der Waals surface area contributed by atoms with Gasteiger partial charge in [-0.1, -0.05) is 29.8 Å². The summed E-state index contributed by atoms with van der Waals surface area (Å²) < 4.78 is 52.4. The van der Waals surface area contributed by atoms with Crippen molar-refractivity contribution in [2.45, 2.75) is 52.2 Å². The standard InChI is InChI=1S/C24H30ClF2N3O4S/c1-16(2)28-24(32)17(3)29(15-18-8-5-6-9-20(18)25)23(31)10-7-13-30(35(4,33)34)19-11-12-21(26)22(27)14-19/h5-6,8-9,11-12,14,16-17H,7,10,13,15H2,1-4H3,(H,28,32)/t17-/m0/s1. The molecule has 0 heterocycles. The van der Waals surface area contributed by atoms with Crippen molar-refractivity contribution in [3.63, 3.8) is 0 Å². The molecule has 2 aromatic rings. The summed E-state index contributed by atoms with van der Waals surface area (Å²) in [5.41, 5.74) is 0.614. The second-order valence-electron chi connectivity index (χ2n) is 8.49. The highest BCUT2D eigenvalue weighted by atomic mass is 35.5. The largest absolute Gasteiger partial charge is 0.352 e. The normalized spacial score (nSPS) is 12.3. The van der Waals surface area contributed by atoms with Crippen LogP contribution in [0.1, 0.15) is 39.2 Å². The van der Waals surface area contributed by atoms with Crippen LogP contribution in [0.4, 0.5) is 14.5 Å². The molecule has 0 saturated heterocycles. The lowest BCUT2D eigenvalue weighted by molar-refractivity contribution is -0.140. The Morgan fingerprint density at radius 1 is 1.06 bits per heavy atom. The van der Waals surface area contributed by atoms with Gasteiger partial charge in [-0.3, -0.25) is 13.9 Å². The van der Waals surface area contributed by atoms with Gasteiger partial charge in [0.25, 0.3) is 0 Å². The number of anilines is 1. The van der Waals surface area contributed by atoms with Crippen LogP contribution in [0, 0.1) is 11.6 Å². The topological polar surface area (TPSA) is 86.8 Å². The van der Waals surface area contributed by atoms with Crippen LogP contribution in [-0.2, 0) is 26.2 Å². The van der Waals surface area contributed by atoms with Crippen molar-refractivity contribution in [3.05, 3.63) is 64.7 Å². The predicted octanol–water partition coefficient (Wildman–Crippen LogP) is 4.11. The third kappa shape index (κ3) is 8.17. The molecule has 0 fully saturated rings. The van der Waals surface area contributed by atoms with Gasteiger partial charge in [-0.25, -0.2) is 17.2 Å². The number of hydrogen-bond acceptors (Lipinski definition) is 4. The number of rotatable bonds is 11. The summed E-state index contributed by atoms with van der Waals surface area (Å²) in [7, 11) is -3.83. The van der Waals surface area contributed by atoms with Crippen molar-refractivity contribution in [1.29, 1.82) is 0 Å². The fourth-order valence-electron chi connectivity index (χ4n) is 3.44. The molecule has 0 aliphatic rings. The molecule has 35 heavy (non-hydrogen) atoms. The third-order valence-corrected chi connectivity index (χ3v) is 6.80. The van der Waals surface area contributed by atoms with E-state index in [2.05, 4.69) is 5.32 Å². The van der Waals surface area contributed by atoms with Crippen molar-refractivity contribution >= 4 is 39.1 Å². The van der Waals surface area contributed by atoms with Crippen LogP contribution in [0.2, 0.25) is 5.02 Å². The van der Waals surface area contributed by atoms with Crippen molar-refractivity contribution in [3.8, 4) is 0 Å². The molecule has 11 heteroatoms. The van der Waals surface area contributed by atoms with Gasteiger partial charge in [0.15, 0.2) is 11.6 Å². The second-order valence-corrected chi connectivity index (χ2v) is 10.8. The number of carbonyl (C=O) groups is 2. The van der Waals surface area contributed by atoms with Gasteiger partial charge in [0.05, 0.1) is 11.9 Å². The zero-order chi connectivity index (χ0) is 26.3. The maximum atomic E-state index is 13.7. The van der Waals surface area contributed by atoms with Crippen LogP contribution < -0.4 is 9.62 Å². The van der Waals surface area contributed by atoms with Crippen molar-refractivity contribution < 1.29 is 26.8 Å². The smallest absolute Gasteiger partial charge is 0.242 e. The molecule has 7 nitrogen and oxygen atoms in total. The molecule has 0 aromatic heterocycles. The number of amides is 2. The number of nitrogens with one attached hydrogen (secondary N) is 1. The highest BCUT2D eigenvalue weighted by molar-refractivity contribution is 7.92. The molecule has 2 aromatic carbocycles. The lowest BCUT2D eigenvalue weighted by Gasteiger charge is -2.30. The first-order valence-electron chi connectivity index (χ1n) is 11.1. The van der Waals surface area contributed by atoms with E-state index in [0.29, 0.717) is 10.6 Å². The quantitative estimate of drug-likeness (QED) is 0.474. The third-order valence-electron chi connectivity index (χ3n) is 5.24. The molecule has 0 saturated carbocycles. The monoisotopic (exact) mass is 529 g/mol. The van der Waals surface area contributed by atoms with Gasteiger partial charge in [0, 0.05) is 36.6 Å². The highest BCUT2D eigenvalue weighted by Gasteiger charge is 2.27. The summed E-state index contributed by atoms with van der Waals surface area (Å²) in [5.74, 6) is -2.99. The van der Waals surface area contributed by atoms with E-state index in [9.17, 15) is 26.8 Å². The van der Waals surface area contributed by atoms with E-state index in [4.69, 9.17) is 11.6 Å². The second kappa shape index (κ2) is 12.3. The van der Waals surface area contributed by atoms with E-state index in [1.54, 1.807) is 31.2 Å². The van der Waals surface area contributed by atoms with Gasteiger partial charge in [-0.2, -0.15) is 0 Å². The average molecular weight is 530 g/mol. The molecule has 0 spiro atoms. The molecule has 2 rings (SSSR count). The summed E-state index contributed by atoms with van der Waals surface area (Å²) in [5, 5.41) is 3.23. The Morgan fingerprint density at radius 2 is 1.71 bits per heavy atom. The van der Waals surface area contributed by atoms with Crippen LogP contribution in [0.5, 0.6) is 0 Å². The molecule has 1 N–H and O–H groups in total. The zero-order valence-electron chi connectivity index (χ0n) is 20.1. The number of halogens is 3. The minimum absolute atomic E-state index is 0.0450. The summed E-state index contributed by atoms with van der Waals surface area (Å²) in [6, 6.07) is 8.83. The SMILES string of the molecule is CC(C)NC(=O)[C@H](C)N(Cc1ccccc1Cl)C(=O)CCCN(c1ccc(F)c(F)c1)S(C)(=O)=O. The van der Waals surface area contributed by atoms with Gasteiger partial charge in [0.2, 0.25) is 21.8 Å². The summed E-state index contributed by atoms with van der Waals surface area (Å²) in [6.45, 7) is 5.18. The lowest BCUT2D eigenvalue weighted by atomic mass is 10.1. The molecule has 0 radical (unpaired) electrons. The van der Waals surface area contributed by atoms with Gasteiger partial charge in [-0.15, -0.1) is 0 Å². The fraction of sp³-hybridized carbons (Fsp3) is 0.417. The lowest BCUT2D eigenvalue weighted by Crippen LogP contribution is -2.49. The van der Waals surface area contributed by atoms with Gasteiger partial charge < -0.3 is 10.2 Å². The van der Waals surface area contributed by atoms with Crippen molar-refractivity contribution in [2.24, 2.45) is 0 Å². The Bertz CT molecular complexity index is 1160. The van der Waals surface area contributed by atoms with Crippen LogP contribution in [-0.4, -0.2) is 50.0 Å². The highest BCUT2D eigenvalue weighted by Crippen LogP contribution is 2.22. The van der Waals surface area contributed by atoms with Crippen LogP contribution in [0.25, 0.3) is 0 Å². The van der Waals surface area contributed by atoms with Crippen LogP contribution in [0.3, 0.4) is 0 Å². The number of nitrogens with zero attached hydrogens (tertiary/aromatic N) is 2. The summed E-state index contributed by atoms with van der Waals surface area (Å²) in [6.07, 6.45) is 0.944. The minimum Gasteiger partial charge on any atom is -0.352 e. The summed E-state index contributed by atoms with van der Waals surface area (Å²) in [4.78, 5) is 27.2. The van der Waals surface area contributed by atoms with Gasteiger partial charge in [0.1, 0.15) is 6.04 Å². The molecule has 2 amide bonds. The molecule has 1 atom stereocenters. The van der Waals surface area contributed by atoms with E-state index in [0.717, 1.165) is 28.8 Å². The van der Waals surface area contributed by atoms with Crippen LogP contribution in [0.15, 0.2) is 42.5 Å². The van der Waals surface area contributed by atoms with Gasteiger partial charge >= 0.3 is 0 Å². The predicted molar refractivity (Wildman–Crippen MR) is 133 cm³/mol. The number of hydrogen-bond donors (Lipinski definition) is 1. The number of carbonyl (C=O) groups excluding carboxylic acids is 2. The summed E-state index contributed by atoms with van der Waals surface area (Å²) >= 11 is 6.26. The molecule has 192 valence electrons. The number of sulfonamides is 1. The first-order valence-corrected chi connectivity index (χ1v) is 13.3. The molecular weight excluding hydrogens is 500 g/mol.